The highest BCUT2D eigenvalue weighted by Gasteiger charge is 2.07. The average Bonchev–Trinajstić information content (AvgIpc) is 2.46. The van der Waals surface area contributed by atoms with E-state index in [1.54, 1.807) is 18.2 Å². The Bertz CT molecular complexity index is 632. The van der Waals surface area contributed by atoms with Gasteiger partial charge < -0.3 is 10.6 Å². The van der Waals surface area contributed by atoms with Gasteiger partial charge in [0.2, 0.25) is 0 Å². The van der Waals surface area contributed by atoms with Gasteiger partial charge in [-0.25, -0.2) is 4.79 Å². The lowest BCUT2D eigenvalue weighted by Gasteiger charge is -2.09. The second-order valence-corrected chi connectivity index (χ2v) is 6.06. The van der Waals surface area contributed by atoms with Crippen LogP contribution in [0.25, 0.3) is 0 Å². The lowest BCUT2D eigenvalue weighted by atomic mass is 10.1. The standard InChI is InChI=1S/C15H13BrCl2N2O/c16-11-6-4-10(5-7-11)8-9-19-15(21)20-13-3-1-2-12(17)14(13)18/h1-7H,8-9H2,(H2,19,20,21). The molecule has 2 amide bonds. The molecular weight excluding hydrogens is 375 g/mol. The van der Waals surface area contributed by atoms with Crippen LogP contribution in [0.5, 0.6) is 0 Å². The Hall–Kier alpha value is -1.23. The number of hydrogen-bond donors (Lipinski definition) is 2. The molecule has 21 heavy (non-hydrogen) atoms. The van der Waals surface area contributed by atoms with Gasteiger partial charge in [0.15, 0.2) is 0 Å². The van der Waals surface area contributed by atoms with Gasteiger partial charge in [-0.1, -0.05) is 57.3 Å². The number of anilines is 1. The zero-order valence-electron chi connectivity index (χ0n) is 11.0. The Morgan fingerprint density at radius 2 is 1.81 bits per heavy atom. The van der Waals surface area contributed by atoms with Crippen molar-refractivity contribution in [1.82, 2.24) is 5.32 Å². The van der Waals surface area contributed by atoms with Crippen LogP contribution >= 0.6 is 39.1 Å². The molecule has 0 bridgehead atoms. The summed E-state index contributed by atoms with van der Waals surface area (Å²) in [5.41, 5.74) is 1.64. The fourth-order valence-electron chi connectivity index (χ4n) is 1.74. The first kappa shape index (κ1) is 16.1. The maximum absolute atomic E-state index is 11.8. The molecule has 0 heterocycles. The molecule has 0 fully saturated rings. The number of halogens is 3. The maximum atomic E-state index is 11.8. The van der Waals surface area contributed by atoms with Crippen LogP contribution in [0.4, 0.5) is 10.5 Å². The summed E-state index contributed by atoms with van der Waals surface area (Å²) >= 11 is 15.3. The molecule has 0 atom stereocenters. The van der Waals surface area contributed by atoms with Crippen molar-refractivity contribution in [3.05, 3.63) is 62.5 Å². The number of amides is 2. The van der Waals surface area contributed by atoms with Gasteiger partial charge in [0, 0.05) is 11.0 Å². The van der Waals surface area contributed by atoms with Gasteiger partial charge >= 0.3 is 6.03 Å². The second-order valence-electron chi connectivity index (χ2n) is 4.36. The highest BCUT2D eigenvalue weighted by molar-refractivity contribution is 9.10. The molecule has 0 saturated heterocycles. The largest absolute Gasteiger partial charge is 0.338 e. The number of carbonyl (C=O) groups excluding carboxylic acids is 1. The van der Waals surface area contributed by atoms with Crippen LogP contribution in [-0.2, 0) is 6.42 Å². The van der Waals surface area contributed by atoms with E-state index in [4.69, 9.17) is 23.2 Å². The molecule has 2 rings (SSSR count). The predicted molar refractivity (Wildman–Crippen MR) is 91.3 cm³/mol. The molecular formula is C15H13BrCl2N2O. The summed E-state index contributed by atoms with van der Waals surface area (Å²) in [6.07, 6.45) is 0.754. The monoisotopic (exact) mass is 386 g/mol. The first-order chi connectivity index (χ1) is 10.1. The molecule has 2 N–H and O–H groups in total. The van der Waals surface area contributed by atoms with Gasteiger partial charge in [-0.05, 0) is 36.2 Å². The normalized spacial score (nSPS) is 10.2. The Labute approximate surface area is 141 Å². The van der Waals surface area contributed by atoms with E-state index in [1.165, 1.54) is 0 Å². The average molecular weight is 388 g/mol. The third-order valence-corrected chi connectivity index (χ3v) is 4.16. The van der Waals surface area contributed by atoms with E-state index in [0.29, 0.717) is 22.3 Å². The summed E-state index contributed by atoms with van der Waals surface area (Å²) in [4.78, 5) is 11.8. The number of carbonyl (C=O) groups is 1. The van der Waals surface area contributed by atoms with E-state index in [9.17, 15) is 4.79 Å². The number of urea groups is 1. The fourth-order valence-corrected chi connectivity index (χ4v) is 2.35. The van der Waals surface area contributed by atoms with Gasteiger partial charge in [-0.15, -0.1) is 0 Å². The molecule has 110 valence electrons. The smallest absolute Gasteiger partial charge is 0.319 e. The van der Waals surface area contributed by atoms with E-state index >= 15 is 0 Å². The Morgan fingerprint density at radius 3 is 2.52 bits per heavy atom. The first-order valence-corrected chi connectivity index (χ1v) is 7.84. The summed E-state index contributed by atoms with van der Waals surface area (Å²) in [6, 6.07) is 12.8. The fraction of sp³-hybridized carbons (Fsp3) is 0.133. The van der Waals surface area contributed by atoms with Crippen LogP contribution in [0.2, 0.25) is 10.0 Å². The Balaban J connectivity index is 1.82. The van der Waals surface area contributed by atoms with E-state index in [-0.39, 0.29) is 6.03 Å². The summed E-state index contributed by atoms with van der Waals surface area (Å²) in [6.45, 7) is 0.533. The molecule has 0 spiro atoms. The van der Waals surface area contributed by atoms with Crippen molar-refractivity contribution in [3.63, 3.8) is 0 Å². The topological polar surface area (TPSA) is 41.1 Å². The highest BCUT2D eigenvalue weighted by Crippen LogP contribution is 2.29. The van der Waals surface area contributed by atoms with Crippen LogP contribution in [0.15, 0.2) is 46.9 Å². The zero-order valence-corrected chi connectivity index (χ0v) is 14.1. The molecule has 0 aliphatic rings. The molecule has 0 aliphatic carbocycles. The van der Waals surface area contributed by atoms with Gasteiger partial charge in [0.25, 0.3) is 0 Å². The lowest BCUT2D eigenvalue weighted by molar-refractivity contribution is 0.252. The minimum absolute atomic E-state index is 0.309. The first-order valence-electron chi connectivity index (χ1n) is 6.29. The Morgan fingerprint density at radius 1 is 1.10 bits per heavy atom. The minimum atomic E-state index is -0.309. The van der Waals surface area contributed by atoms with Crippen LogP contribution in [0.3, 0.4) is 0 Å². The van der Waals surface area contributed by atoms with Crippen LogP contribution in [-0.4, -0.2) is 12.6 Å². The summed E-state index contributed by atoms with van der Waals surface area (Å²) in [7, 11) is 0. The van der Waals surface area contributed by atoms with Crippen LogP contribution in [0, 0.1) is 0 Å². The maximum Gasteiger partial charge on any atom is 0.319 e. The quantitative estimate of drug-likeness (QED) is 0.750. The molecule has 6 heteroatoms. The van der Waals surface area contributed by atoms with Crippen molar-refractivity contribution in [2.24, 2.45) is 0 Å². The van der Waals surface area contributed by atoms with Gasteiger partial charge in [-0.2, -0.15) is 0 Å². The molecule has 0 aliphatic heterocycles. The molecule has 2 aromatic carbocycles. The number of hydrogen-bond acceptors (Lipinski definition) is 1. The number of nitrogens with one attached hydrogen (secondary N) is 2. The SMILES string of the molecule is O=C(NCCc1ccc(Br)cc1)Nc1cccc(Cl)c1Cl. The van der Waals surface area contributed by atoms with E-state index < -0.39 is 0 Å². The molecule has 2 aromatic rings. The Kier molecular flexibility index (Phi) is 5.91. The van der Waals surface area contributed by atoms with Gasteiger partial charge in [0.05, 0.1) is 15.7 Å². The summed E-state index contributed by atoms with van der Waals surface area (Å²) in [5, 5.41) is 6.19. The third kappa shape index (κ3) is 4.92. The summed E-state index contributed by atoms with van der Waals surface area (Å²) < 4.78 is 1.03. The molecule has 3 nitrogen and oxygen atoms in total. The summed E-state index contributed by atoms with van der Waals surface area (Å²) in [5.74, 6) is 0. The van der Waals surface area contributed by atoms with E-state index in [2.05, 4.69) is 26.6 Å². The predicted octanol–water partition coefficient (Wildman–Crippen LogP) is 5.12. The van der Waals surface area contributed by atoms with Crippen LogP contribution in [0.1, 0.15) is 5.56 Å². The van der Waals surface area contributed by atoms with Crippen LogP contribution < -0.4 is 10.6 Å². The number of rotatable bonds is 4. The van der Waals surface area contributed by atoms with Crippen molar-refractivity contribution < 1.29 is 4.79 Å². The lowest BCUT2D eigenvalue weighted by Crippen LogP contribution is -2.30. The van der Waals surface area contributed by atoms with E-state index in [0.717, 1.165) is 16.5 Å². The van der Waals surface area contributed by atoms with Gasteiger partial charge in [0.1, 0.15) is 0 Å². The van der Waals surface area contributed by atoms with Crippen molar-refractivity contribution in [3.8, 4) is 0 Å². The third-order valence-electron chi connectivity index (χ3n) is 2.81. The molecule has 0 unspecified atom stereocenters. The molecule has 0 aromatic heterocycles. The highest BCUT2D eigenvalue weighted by atomic mass is 79.9. The van der Waals surface area contributed by atoms with Crippen molar-refractivity contribution in [1.29, 1.82) is 0 Å². The zero-order chi connectivity index (χ0) is 15.2. The molecule has 0 radical (unpaired) electrons. The van der Waals surface area contributed by atoms with Gasteiger partial charge in [-0.3, -0.25) is 0 Å². The van der Waals surface area contributed by atoms with Crippen molar-refractivity contribution >= 4 is 50.9 Å². The number of benzene rings is 2. The van der Waals surface area contributed by atoms with Crippen molar-refractivity contribution in [2.45, 2.75) is 6.42 Å². The minimum Gasteiger partial charge on any atom is -0.338 e. The van der Waals surface area contributed by atoms with Crippen molar-refractivity contribution in [2.75, 3.05) is 11.9 Å². The van der Waals surface area contributed by atoms with E-state index in [1.807, 2.05) is 24.3 Å². The molecule has 0 saturated carbocycles. The second kappa shape index (κ2) is 7.69.